The van der Waals surface area contributed by atoms with Gasteiger partial charge in [0.05, 0.1) is 13.2 Å². The average molecular weight is 207 g/mol. The summed E-state index contributed by atoms with van der Waals surface area (Å²) in [6, 6.07) is 5.19. The molecule has 0 saturated carbocycles. The van der Waals surface area contributed by atoms with E-state index in [0.29, 0.717) is 11.6 Å². The van der Waals surface area contributed by atoms with Crippen LogP contribution in [0, 0.1) is 0 Å². The van der Waals surface area contributed by atoms with Gasteiger partial charge < -0.3 is 9.47 Å². The molecule has 1 fully saturated rings. The molecule has 1 aromatic heterocycles. The molecule has 1 aromatic rings. The third-order valence-electron chi connectivity index (χ3n) is 2.32. The smallest absolute Gasteiger partial charge is 0.214 e. The van der Waals surface area contributed by atoms with Gasteiger partial charge in [0, 0.05) is 18.9 Å². The average Bonchev–Trinajstić information content (AvgIpc) is 2.31. The monoisotopic (exact) mass is 207 g/mol. The van der Waals surface area contributed by atoms with Gasteiger partial charge >= 0.3 is 0 Å². The quantitative estimate of drug-likeness (QED) is 0.704. The lowest BCUT2D eigenvalue weighted by Gasteiger charge is -2.22. The van der Waals surface area contributed by atoms with E-state index in [4.69, 9.17) is 9.47 Å². The Kier molecular flexibility index (Phi) is 3.29. The first-order valence-electron chi connectivity index (χ1n) is 5.05. The summed E-state index contributed by atoms with van der Waals surface area (Å²) in [5, 5.41) is 0. The molecule has 0 atom stereocenters. The number of pyridine rings is 1. The van der Waals surface area contributed by atoms with Crippen molar-refractivity contribution < 1.29 is 14.3 Å². The van der Waals surface area contributed by atoms with Crippen LogP contribution in [0.25, 0.3) is 0 Å². The zero-order valence-electron chi connectivity index (χ0n) is 8.39. The molecule has 0 unspecified atom stereocenters. The van der Waals surface area contributed by atoms with E-state index in [0.717, 1.165) is 32.3 Å². The lowest BCUT2D eigenvalue weighted by Crippen LogP contribution is -2.26. The molecule has 1 saturated heterocycles. The van der Waals surface area contributed by atoms with Crippen LogP contribution in [0.5, 0.6) is 5.88 Å². The molecule has 1 aliphatic heterocycles. The lowest BCUT2D eigenvalue weighted by atomic mass is 10.1. The minimum Gasteiger partial charge on any atom is -0.474 e. The fourth-order valence-corrected chi connectivity index (χ4v) is 1.53. The molecule has 4 nitrogen and oxygen atoms in total. The zero-order valence-corrected chi connectivity index (χ0v) is 8.39. The highest BCUT2D eigenvalue weighted by molar-refractivity contribution is 5.71. The molecule has 2 heterocycles. The number of nitrogens with zero attached hydrogens (tertiary/aromatic N) is 1. The van der Waals surface area contributed by atoms with Gasteiger partial charge in [-0.05, 0) is 6.07 Å². The summed E-state index contributed by atoms with van der Waals surface area (Å²) in [5.74, 6) is 0.520. The number of carbonyl (C=O) groups excluding carboxylic acids is 1. The van der Waals surface area contributed by atoms with Gasteiger partial charge in [-0.1, -0.05) is 6.07 Å². The summed E-state index contributed by atoms with van der Waals surface area (Å²) < 4.78 is 10.9. The van der Waals surface area contributed by atoms with Crippen molar-refractivity contribution in [2.75, 3.05) is 13.2 Å². The molecule has 0 radical (unpaired) electrons. The Hall–Kier alpha value is -1.42. The van der Waals surface area contributed by atoms with Crippen LogP contribution in [0.15, 0.2) is 18.2 Å². The van der Waals surface area contributed by atoms with Crippen molar-refractivity contribution in [3.8, 4) is 5.88 Å². The number of ether oxygens (including phenoxy) is 2. The van der Waals surface area contributed by atoms with E-state index >= 15 is 0 Å². The first kappa shape index (κ1) is 10.1. The number of hydrogen-bond donors (Lipinski definition) is 0. The van der Waals surface area contributed by atoms with Crippen molar-refractivity contribution >= 4 is 6.29 Å². The summed E-state index contributed by atoms with van der Waals surface area (Å²) in [4.78, 5) is 14.6. The normalized spacial score (nSPS) is 17.3. The van der Waals surface area contributed by atoms with Crippen LogP contribution in [-0.4, -0.2) is 30.6 Å². The van der Waals surface area contributed by atoms with Crippen molar-refractivity contribution in [1.82, 2.24) is 4.98 Å². The second kappa shape index (κ2) is 4.89. The Balaban J connectivity index is 1.99. The predicted molar refractivity (Wildman–Crippen MR) is 54.1 cm³/mol. The fraction of sp³-hybridized carbons (Fsp3) is 0.455. The molecule has 0 amide bonds. The van der Waals surface area contributed by atoms with E-state index in [1.54, 1.807) is 18.2 Å². The summed E-state index contributed by atoms with van der Waals surface area (Å²) in [6.45, 7) is 1.47. The Labute approximate surface area is 88.2 Å². The van der Waals surface area contributed by atoms with Crippen molar-refractivity contribution in [3.05, 3.63) is 23.9 Å². The Morgan fingerprint density at radius 3 is 2.93 bits per heavy atom. The van der Waals surface area contributed by atoms with Gasteiger partial charge in [-0.25, -0.2) is 4.98 Å². The maximum Gasteiger partial charge on any atom is 0.214 e. The molecule has 0 bridgehead atoms. The van der Waals surface area contributed by atoms with Crippen molar-refractivity contribution in [3.63, 3.8) is 0 Å². The van der Waals surface area contributed by atoms with Crippen LogP contribution in [0.1, 0.15) is 23.3 Å². The number of hydrogen-bond acceptors (Lipinski definition) is 4. The van der Waals surface area contributed by atoms with Crippen LogP contribution in [0.4, 0.5) is 0 Å². The highest BCUT2D eigenvalue weighted by Crippen LogP contribution is 2.15. The van der Waals surface area contributed by atoms with Crippen LogP contribution < -0.4 is 4.74 Å². The second-order valence-corrected chi connectivity index (χ2v) is 3.45. The molecule has 0 aliphatic carbocycles. The maximum absolute atomic E-state index is 10.5. The summed E-state index contributed by atoms with van der Waals surface area (Å²) in [5.41, 5.74) is 0.402. The highest BCUT2D eigenvalue weighted by atomic mass is 16.5. The van der Waals surface area contributed by atoms with Crippen LogP contribution in [0.2, 0.25) is 0 Å². The van der Waals surface area contributed by atoms with E-state index in [1.807, 2.05) is 0 Å². The highest BCUT2D eigenvalue weighted by Gasteiger charge is 2.15. The number of carbonyl (C=O) groups is 1. The molecule has 0 spiro atoms. The Morgan fingerprint density at radius 1 is 1.40 bits per heavy atom. The van der Waals surface area contributed by atoms with Crippen molar-refractivity contribution in [2.45, 2.75) is 18.9 Å². The molecular formula is C11H13NO3. The second-order valence-electron chi connectivity index (χ2n) is 3.45. The third-order valence-corrected chi connectivity index (χ3v) is 2.32. The van der Waals surface area contributed by atoms with E-state index < -0.39 is 0 Å². The number of aromatic nitrogens is 1. The van der Waals surface area contributed by atoms with Gasteiger partial charge in [0.25, 0.3) is 0 Å². The number of aldehydes is 1. The van der Waals surface area contributed by atoms with Crippen LogP contribution in [0.3, 0.4) is 0 Å². The topological polar surface area (TPSA) is 48.4 Å². The molecule has 0 aromatic carbocycles. The summed E-state index contributed by atoms with van der Waals surface area (Å²) in [7, 11) is 0. The van der Waals surface area contributed by atoms with Gasteiger partial charge in [0.1, 0.15) is 11.8 Å². The van der Waals surface area contributed by atoms with Crippen molar-refractivity contribution in [2.24, 2.45) is 0 Å². The predicted octanol–water partition coefficient (Wildman–Crippen LogP) is 1.45. The van der Waals surface area contributed by atoms with E-state index in [-0.39, 0.29) is 6.10 Å². The van der Waals surface area contributed by atoms with Crippen LogP contribution in [-0.2, 0) is 4.74 Å². The van der Waals surface area contributed by atoms with E-state index in [1.165, 1.54) is 0 Å². The molecule has 80 valence electrons. The van der Waals surface area contributed by atoms with Gasteiger partial charge in [-0.2, -0.15) is 0 Å². The lowest BCUT2D eigenvalue weighted by molar-refractivity contribution is 0.0237. The van der Waals surface area contributed by atoms with Crippen LogP contribution >= 0.6 is 0 Å². The Morgan fingerprint density at radius 2 is 2.20 bits per heavy atom. The first-order valence-corrected chi connectivity index (χ1v) is 5.05. The zero-order chi connectivity index (χ0) is 10.5. The van der Waals surface area contributed by atoms with E-state index in [9.17, 15) is 4.79 Å². The van der Waals surface area contributed by atoms with Gasteiger partial charge in [0.15, 0.2) is 6.29 Å². The Bertz CT molecular complexity index is 334. The minimum atomic E-state index is 0.160. The number of rotatable bonds is 3. The van der Waals surface area contributed by atoms with Gasteiger partial charge in [-0.3, -0.25) is 4.79 Å². The maximum atomic E-state index is 10.5. The summed E-state index contributed by atoms with van der Waals surface area (Å²) in [6.07, 6.45) is 2.64. The van der Waals surface area contributed by atoms with E-state index in [2.05, 4.69) is 4.98 Å². The molecule has 15 heavy (non-hydrogen) atoms. The molecule has 2 rings (SSSR count). The van der Waals surface area contributed by atoms with Crippen molar-refractivity contribution in [1.29, 1.82) is 0 Å². The fourth-order valence-electron chi connectivity index (χ4n) is 1.53. The third kappa shape index (κ3) is 2.76. The molecule has 4 heteroatoms. The molecular weight excluding hydrogens is 194 g/mol. The summed E-state index contributed by atoms with van der Waals surface area (Å²) >= 11 is 0. The molecule has 1 aliphatic rings. The van der Waals surface area contributed by atoms with Gasteiger partial charge in [0.2, 0.25) is 5.88 Å². The first-order chi connectivity index (χ1) is 7.38. The minimum absolute atomic E-state index is 0.160. The molecule has 0 N–H and O–H groups in total. The van der Waals surface area contributed by atoms with Gasteiger partial charge in [-0.15, -0.1) is 0 Å². The SMILES string of the molecule is O=Cc1cccc(OC2CCOCC2)n1. The standard InChI is InChI=1S/C11H13NO3/c13-8-9-2-1-3-11(12-9)15-10-4-6-14-7-5-10/h1-3,8,10H,4-7H2. The largest absolute Gasteiger partial charge is 0.474 e.